The van der Waals surface area contributed by atoms with Gasteiger partial charge in [-0.05, 0) is 62.9 Å². The van der Waals surface area contributed by atoms with Crippen molar-refractivity contribution >= 4 is 17.5 Å². The Morgan fingerprint density at radius 2 is 2.00 bits per heavy atom. The molecule has 3 nitrogen and oxygen atoms in total. The Morgan fingerprint density at radius 3 is 2.63 bits per heavy atom. The molecule has 3 rings (SSSR count). The van der Waals surface area contributed by atoms with Crippen LogP contribution in [0.15, 0.2) is 0 Å². The van der Waals surface area contributed by atoms with Crippen LogP contribution in [0.25, 0.3) is 0 Å². The summed E-state index contributed by atoms with van der Waals surface area (Å²) in [5, 5.41) is 0. The van der Waals surface area contributed by atoms with Crippen LogP contribution in [0.2, 0.25) is 0 Å². The molecule has 0 aromatic carbocycles. The maximum absolute atomic E-state index is 12.7. The third kappa shape index (κ3) is 2.72. The van der Waals surface area contributed by atoms with Gasteiger partial charge in [0.15, 0.2) is 5.78 Å². The molecule has 2 N–H and O–H groups in total. The molecule has 1 spiro atoms. The molecule has 2 unspecified atom stereocenters. The van der Waals surface area contributed by atoms with Gasteiger partial charge in [-0.1, -0.05) is 0 Å². The van der Waals surface area contributed by atoms with Crippen LogP contribution >= 0.6 is 11.8 Å². The standard InChI is InChI=1S/C15H25NO2S/c1-14(16,12-2-3-12)13(17)11-4-7-18-15(10-11)5-8-19-9-6-15/h11-12H,2-10,16H2,1H3. The molecule has 0 amide bonds. The van der Waals surface area contributed by atoms with Gasteiger partial charge >= 0.3 is 0 Å². The third-order valence-electron chi connectivity index (χ3n) is 5.22. The van der Waals surface area contributed by atoms with Crippen molar-refractivity contribution in [3.63, 3.8) is 0 Å². The number of carbonyl (C=O) groups excluding carboxylic acids is 1. The van der Waals surface area contributed by atoms with Crippen LogP contribution in [0.1, 0.15) is 45.4 Å². The highest BCUT2D eigenvalue weighted by Crippen LogP contribution is 2.44. The third-order valence-corrected chi connectivity index (χ3v) is 6.21. The molecule has 3 fully saturated rings. The molecule has 0 aromatic rings. The maximum Gasteiger partial charge on any atom is 0.155 e. The number of Topliss-reactive ketones (excluding diaryl/α,β-unsaturated/α-hetero) is 1. The molecule has 19 heavy (non-hydrogen) atoms. The predicted molar refractivity (Wildman–Crippen MR) is 78.3 cm³/mol. The Hall–Kier alpha value is -0.0600. The second-order valence-electron chi connectivity index (χ2n) is 6.75. The van der Waals surface area contributed by atoms with Crippen molar-refractivity contribution in [3.8, 4) is 0 Å². The van der Waals surface area contributed by atoms with Crippen molar-refractivity contribution in [2.45, 2.75) is 56.6 Å². The van der Waals surface area contributed by atoms with Crippen LogP contribution in [0, 0.1) is 11.8 Å². The van der Waals surface area contributed by atoms with Crippen molar-refractivity contribution in [1.29, 1.82) is 0 Å². The molecule has 1 saturated carbocycles. The van der Waals surface area contributed by atoms with E-state index in [4.69, 9.17) is 10.5 Å². The lowest BCUT2D eigenvalue weighted by Gasteiger charge is -2.44. The Bertz CT molecular complexity index is 354. The van der Waals surface area contributed by atoms with E-state index in [1.54, 1.807) is 0 Å². The second-order valence-corrected chi connectivity index (χ2v) is 7.98. The highest BCUT2D eigenvalue weighted by atomic mass is 32.2. The van der Waals surface area contributed by atoms with Crippen LogP contribution in [-0.4, -0.2) is 35.0 Å². The highest BCUT2D eigenvalue weighted by Gasteiger charge is 2.49. The molecule has 108 valence electrons. The van der Waals surface area contributed by atoms with Gasteiger partial charge in [-0.2, -0.15) is 11.8 Å². The lowest BCUT2D eigenvalue weighted by molar-refractivity contribution is -0.143. The molecule has 2 heterocycles. The fourth-order valence-corrected chi connectivity index (χ4v) is 4.90. The van der Waals surface area contributed by atoms with E-state index in [9.17, 15) is 4.79 Å². The van der Waals surface area contributed by atoms with Crippen molar-refractivity contribution in [2.75, 3.05) is 18.1 Å². The van der Waals surface area contributed by atoms with E-state index in [1.165, 1.54) is 11.5 Å². The quantitative estimate of drug-likeness (QED) is 0.864. The van der Waals surface area contributed by atoms with E-state index < -0.39 is 5.54 Å². The largest absolute Gasteiger partial charge is 0.375 e. The fraction of sp³-hybridized carbons (Fsp3) is 0.933. The summed E-state index contributed by atoms with van der Waals surface area (Å²) in [4.78, 5) is 12.7. The summed E-state index contributed by atoms with van der Waals surface area (Å²) >= 11 is 2.00. The van der Waals surface area contributed by atoms with Crippen molar-refractivity contribution in [1.82, 2.24) is 0 Å². The first-order valence-electron chi connectivity index (χ1n) is 7.58. The SMILES string of the molecule is CC(N)(C(=O)C1CCOC2(CCSCC2)C1)C1CC1. The first-order valence-corrected chi connectivity index (χ1v) is 8.74. The van der Waals surface area contributed by atoms with Crippen LogP contribution in [0.4, 0.5) is 0 Å². The van der Waals surface area contributed by atoms with E-state index in [-0.39, 0.29) is 11.5 Å². The molecule has 3 aliphatic rings. The smallest absolute Gasteiger partial charge is 0.155 e. The van der Waals surface area contributed by atoms with Gasteiger partial charge in [0, 0.05) is 12.5 Å². The monoisotopic (exact) mass is 283 g/mol. The van der Waals surface area contributed by atoms with Gasteiger partial charge in [-0.25, -0.2) is 0 Å². The van der Waals surface area contributed by atoms with Gasteiger partial charge in [0.2, 0.25) is 0 Å². The maximum atomic E-state index is 12.7. The van der Waals surface area contributed by atoms with Gasteiger partial charge < -0.3 is 10.5 Å². The highest BCUT2D eigenvalue weighted by molar-refractivity contribution is 7.99. The van der Waals surface area contributed by atoms with E-state index in [2.05, 4.69) is 0 Å². The van der Waals surface area contributed by atoms with Crippen LogP contribution < -0.4 is 5.73 Å². The summed E-state index contributed by atoms with van der Waals surface area (Å²) < 4.78 is 6.07. The molecule has 4 heteroatoms. The molecule has 0 radical (unpaired) electrons. The van der Waals surface area contributed by atoms with Gasteiger partial charge in [0.25, 0.3) is 0 Å². The van der Waals surface area contributed by atoms with Crippen LogP contribution in [-0.2, 0) is 9.53 Å². The van der Waals surface area contributed by atoms with Crippen molar-refractivity contribution in [3.05, 3.63) is 0 Å². The zero-order valence-electron chi connectivity index (χ0n) is 11.8. The Morgan fingerprint density at radius 1 is 1.32 bits per heavy atom. The first-order chi connectivity index (χ1) is 9.04. The number of ether oxygens (including phenoxy) is 1. The lowest BCUT2D eigenvalue weighted by Crippen LogP contribution is -2.54. The van der Waals surface area contributed by atoms with Crippen LogP contribution in [0.5, 0.6) is 0 Å². The summed E-state index contributed by atoms with van der Waals surface area (Å²) in [5.41, 5.74) is 5.72. The average Bonchev–Trinajstić information content (AvgIpc) is 3.23. The molecule has 0 bridgehead atoms. The van der Waals surface area contributed by atoms with Gasteiger partial charge in [0.1, 0.15) is 0 Å². The zero-order chi connectivity index (χ0) is 13.5. The van der Waals surface area contributed by atoms with Crippen molar-refractivity contribution < 1.29 is 9.53 Å². The zero-order valence-corrected chi connectivity index (χ0v) is 12.6. The summed E-state index contributed by atoms with van der Waals surface area (Å²) in [6.45, 7) is 2.69. The van der Waals surface area contributed by atoms with Gasteiger partial charge in [0.05, 0.1) is 11.1 Å². The number of nitrogens with two attached hydrogens (primary N) is 1. The molecule has 2 aliphatic heterocycles. The van der Waals surface area contributed by atoms with E-state index in [1.807, 2.05) is 18.7 Å². The minimum absolute atomic E-state index is 0.0105. The minimum atomic E-state index is -0.591. The minimum Gasteiger partial charge on any atom is -0.375 e. The Balaban J connectivity index is 1.69. The van der Waals surface area contributed by atoms with Crippen LogP contribution in [0.3, 0.4) is 0 Å². The average molecular weight is 283 g/mol. The number of hydrogen-bond acceptors (Lipinski definition) is 4. The predicted octanol–water partition coefficient (Wildman–Crippen LogP) is 2.38. The molecular formula is C15H25NO2S. The van der Waals surface area contributed by atoms with Gasteiger partial charge in [-0.15, -0.1) is 0 Å². The normalized spacial score (nSPS) is 33.9. The van der Waals surface area contributed by atoms with E-state index in [0.717, 1.165) is 45.1 Å². The lowest BCUT2D eigenvalue weighted by atomic mass is 9.74. The summed E-state index contributed by atoms with van der Waals surface area (Å²) in [5.74, 6) is 3.21. The van der Waals surface area contributed by atoms with E-state index in [0.29, 0.717) is 11.7 Å². The topological polar surface area (TPSA) is 52.3 Å². The number of ketones is 1. The summed E-state index contributed by atoms with van der Waals surface area (Å²) in [6.07, 6.45) is 6.24. The molecular weight excluding hydrogens is 258 g/mol. The molecule has 0 aromatic heterocycles. The summed E-state index contributed by atoms with van der Waals surface area (Å²) in [7, 11) is 0. The fourth-order valence-electron chi connectivity index (χ4n) is 3.67. The summed E-state index contributed by atoms with van der Waals surface area (Å²) in [6, 6.07) is 0. The van der Waals surface area contributed by atoms with E-state index >= 15 is 0 Å². The number of hydrogen-bond donors (Lipinski definition) is 1. The Kier molecular flexibility index (Phi) is 3.69. The van der Waals surface area contributed by atoms with Gasteiger partial charge in [-0.3, -0.25) is 4.79 Å². The number of carbonyl (C=O) groups is 1. The molecule has 2 atom stereocenters. The second kappa shape index (κ2) is 5.05. The Labute approximate surface area is 120 Å². The molecule has 2 saturated heterocycles. The number of thioether (sulfide) groups is 1. The number of rotatable bonds is 3. The molecule has 1 aliphatic carbocycles. The van der Waals surface area contributed by atoms with Crippen molar-refractivity contribution in [2.24, 2.45) is 17.6 Å². The first kappa shape index (κ1) is 13.9.